The van der Waals surface area contributed by atoms with Crippen LogP contribution in [0.3, 0.4) is 0 Å². The van der Waals surface area contributed by atoms with Gasteiger partial charge in [-0.25, -0.2) is 4.39 Å². The fraction of sp³-hybridized carbons (Fsp3) is 0.250. The molecular weight excluding hydrogens is 275 g/mol. The number of benzene rings is 2. The first-order valence-corrected chi connectivity index (χ1v) is 6.82. The zero-order chi connectivity index (χ0) is 14.7. The lowest BCUT2D eigenvalue weighted by atomic mass is 10.1. The minimum atomic E-state index is -0.221. The van der Waals surface area contributed by atoms with E-state index in [-0.39, 0.29) is 5.82 Å². The molecule has 0 atom stereocenters. The van der Waals surface area contributed by atoms with Gasteiger partial charge in [-0.05, 0) is 48.4 Å². The van der Waals surface area contributed by atoms with Gasteiger partial charge in [-0.1, -0.05) is 17.7 Å². The van der Waals surface area contributed by atoms with Crippen LogP contribution in [0.15, 0.2) is 36.4 Å². The molecular formula is C16H18ClFN2. The molecule has 0 saturated carbocycles. The molecule has 0 amide bonds. The van der Waals surface area contributed by atoms with E-state index < -0.39 is 0 Å². The van der Waals surface area contributed by atoms with Crippen molar-refractivity contribution < 1.29 is 4.39 Å². The van der Waals surface area contributed by atoms with Crippen molar-refractivity contribution in [3.05, 3.63) is 58.4 Å². The standard InChI is InChI=1S/C16H18ClFN2/c1-11-7-15(17)12(8-16(11)18)10-20(3)14-6-4-5-13(9-14)19-2/h4-9,19H,10H2,1-3H3. The third-order valence-electron chi connectivity index (χ3n) is 3.31. The van der Waals surface area contributed by atoms with E-state index in [0.717, 1.165) is 16.9 Å². The Bertz CT molecular complexity index is 613. The molecule has 0 aromatic heterocycles. The maximum Gasteiger partial charge on any atom is 0.126 e. The average molecular weight is 293 g/mol. The van der Waals surface area contributed by atoms with Gasteiger partial charge in [0, 0.05) is 37.0 Å². The molecule has 106 valence electrons. The summed E-state index contributed by atoms with van der Waals surface area (Å²) in [5.74, 6) is -0.221. The summed E-state index contributed by atoms with van der Waals surface area (Å²) in [6, 6.07) is 11.2. The van der Waals surface area contributed by atoms with Gasteiger partial charge in [0.05, 0.1) is 0 Å². The van der Waals surface area contributed by atoms with Crippen molar-refractivity contribution >= 4 is 23.0 Å². The minimum absolute atomic E-state index is 0.221. The lowest BCUT2D eigenvalue weighted by Gasteiger charge is -2.21. The molecule has 0 unspecified atom stereocenters. The topological polar surface area (TPSA) is 15.3 Å². The van der Waals surface area contributed by atoms with Crippen molar-refractivity contribution in [3.63, 3.8) is 0 Å². The Labute approximate surface area is 124 Å². The van der Waals surface area contributed by atoms with Crippen LogP contribution in [-0.2, 0) is 6.54 Å². The molecule has 0 fully saturated rings. The smallest absolute Gasteiger partial charge is 0.126 e. The molecule has 2 aromatic rings. The van der Waals surface area contributed by atoms with Crippen LogP contribution >= 0.6 is 11.6 Å². The Morgan fingerprint density at radius 1 is 1.25 bits per heavy atom. The van der Waals surface area contributed by atoms with Crippen molar-refractivity contribution in [2.45, 2.75) is 13.5 Å². The number of hydrogen-bond acceptors (Lipinski definition) is 2. The van der Waals surface area contributed by atoms with Gasteiger partial charge in [0.15, 0.2) is 0 Å². The number of anilines is 2. The van der Waals surface area contributed by atoms with E-state index in [2.05, 4.69) is 5.32 Å². The highest BCUT2D eigenvalue weighted by Gasteiger charge is 2.09. The summed E-state index contributed by atoms with van der Waals surface area (Å²) in [4.78, 5) is 2.04. The number of rotatable bonds is 4. The lowest BCUT2D eigenvalue weighted by molar-refractivity contribution is 0.616. The fourth-order valence-corrected chi connectivity index (χ4v) is 2.33. The second kappa shape index (κ2) is 6.14. The molecule has 1 N–H and O–H groups in total. The van der Waals surface area contributed by atoms with Crippen molar-refractivity contribution in [3.8, 4) is 0 Å². The van der Waals surface area contributed by atoms with Crippen LogP contribution in [0.4, 0.5) is 15.8 Å². The van der Waals surface area contributed by atoms with Gasteiger partial charge < -0.3 is 10.2 Å². The van der Waals surface area contributed by atoms with E-state index >= 15 is 0 Å². The van der Waals surface area contributed by atoms with Crippen molar-refractivity contribution in [1.29, 1.82) is 0 Å². The second-order valence-corrected chi connectivity index (χ2v) is 5.26. The molecule has 0 aliphatic heterocycles. The van der Waals surface area contributed by atoms with Gasteiger partial charge in [-0.15, -0.1) is 0 Å². The molecule has 2 aromatic carbocycles. The Kier molecular flexibility index (Phi) is 4.50. The molecule has 0 aliphatic rings. The Hall–Kier alpha value is -1.74. The number of nitrogens with zero attached hydrogens (tertiary/aromatic N) is 1. The molecule has 0 bridgehead atoms. The van der Waals surface area contributed by atoms with Crippen LogP contribution < -0.4 is 10.2 Å². The maximum absolute atomic E-state index is 13.6. The van der Waals surface area contributed by atoms with Gasteiger partial charge in [0.2, 0.25) is 0 Å². The first-order chi connectivity index (χ1) is 9.51. The maximum atomic E-state index is 13.6. The highest BCUT2D eigenvalue weighted by atomic mass is 35.5. The van der Waals surface area contributed by atoms with Crippen molar-refractivity contribution in [2.24, 2.45) is 0 Å². The van der Waals surface area contributed by atoms with Crippen molar-refractivity contribution in [1.82, 2.24) is 0 Å². The van der Waals surface area contributed by atoms with Gasteiger partial charge in [-0.2, -0.15) is 0 Å². The number of halogens is 2. The summed E-state index contributed by atoms with van der Waals surface area (Å²) in [7, 11) is 3.84. The number of nitrogens with one attached hydrogen (secondary N) is 1. The molecule has 2 rings (SSSR count). The quantitative estimate of drug-likeness (QED) is 0.894. The minimum Gasteiger partial charge on any atom is -0.388 e. The lowest BCUT2D eigenvalue weighted by Crippen LogP contribution is -2.17. The molecule has 0 heterocycles. The summed E-state index contributed by atoms with van der Waals surface area (Å²) in [6.07, 6.45) is 0. The van der Waals surface area contributed by atoms with Crippen LogP contribution in [-0.4, -0.2) is 14.1 Å². The van der Waals surface area contributed by atoms with Crippen LogP contribution in [0.1, 0.15) is 11.1 Å². The van der Waals surface area contributed by atoms with Crippen molar-refractivity contribution in [2.75, 3.05) is 24.3 Å². The Morgan fingerprint density at radius 3 is 2.70 bits per heavy atom. The van der Waals surface area contributed by atoms with Gasteiger partial charge in [-0.3, -0.25) is 0 Å². The zero-order valence-corrected chi connectivity index (χ0v) is 12.6. The van der Waals surface area contributed by atoms with Crippen LogP contribution in [0, 0.1) is 12.7 Å². The largest absolute Gasteiger partial charge is 0.388 e. The predicted molar refractivity (Wildman–Crippen MR) is 84.2 cm³/mol. The van der Waals surface area contributed by atoms with Crippen LogP contribution in [0.25, 0.3) is 0 Å². The van der Waals surface area contributed by atoms with E-state index in [1.54, 1.807) is 13.0 Å². The molecule has 0 saturated heterocycles. The predicted octanol–water partition coefficient (Wildman–Crippen LogP) is 4.47. The normalized spacial score (nSPS) is 10.4. The Morgan fingerprint density at radius 2 is 2.00 bits per heavy atom. The summed E-state index contributed by atoms with van der Waals surface area (Å²) in [6.45, 7) is 2.27. The van der Waals surface area contributed by atoms with Gasteiger partial charge >= 0.3 is 0 Å². The first kappa shape index (κ1) is 14.7. The Balaban J connectivity index is 2.23. The summed E-state index contributed by atoms with van der Waals surface area (Å²) in [5.41, 5.74) is 3.44. The fourth-order valence-electron chi connectivity index (χ4n) is 2.05. The monoisotopic (exact) mass is 292 g/mol. The highest BCUT2D eigenvalue weighted by molar-refractivity contribution is 6.31. The third kappa shape index (κ3) is 3.23. The van der Waals surface area contributed by atoms with Gasteiger partial charge in [0.25, 0.3) is 0 Å². The van der Waals surface area contributed by atoms with Crippen LogP contribution in [0.2, 0.25) is 5.02 Å². The SMILES string of the molecule is CNc1cccc(N(C)Cc2cc(F)c(C)cc2Cl)c1. The summed E-state index contributed by atoms with van der Waals surface area (Å²) >= 11 is 6.19. The van der Waals surface area contributed by atoms with E-state index in [9.17, 15) is 4.39 Å². The van der Waals surface area contributed by atoms with Crippen LogP contribution in [0.5, 0.6) is 0 Å². The van der Waals surface area contributed by atoms with Gasteiger partial charge in [0.1, 0.15) is 5.82 Å². The van der Waals surface area contributed by atoms with E-state index in [1.165, 1.54) is 6.07 Å². The number of hydrogen-bond donors (Lipinski definition) is 1. The zero-order valence-electron chi connectivity index (χ0n) is 11.9. The molecule has 4 heteroatoms. The second-order valence-electron chi connectivity index (χ2n) is 4.85. The molecule has 20 heavy (non-hydrogen) atoms. The van der Waals surface area contributed by atoms with E-state index in [4.69, 9.17) is 11.6 Å². The summed E-state index contributed by atoms with van der Waals surface area (Å²) < 4.78 is 13.6. The van der Waals surface area contributed by atoms with E-state index in [1.807, 2.05) is 43.3 Å². The van der Waals surface area contributed by atoms with E-state index in [0.29, 0.717) is 17.1 Å². The average Bonchev–Trinajstić information content (AvgIpc) is 2.44. The summed E-state index contributed by atoms with van der Waals surface area (Å²) in [5, 5.41) is 3.70. The molecule has 0 spiro atoms. The molecule has 2 nitrogen and oxygen atoms in total. The first-order valence-electron chi connectivity index (χ1n) is 6.44. The highest BCUT2D eigenvalue weighted by Crippen LogP contribution is 2.25. The number of aryl methyl sites for hydroxylation is 1. The third-order valence-corrected chi connectivity index (χ3v) is 3.66. The molecule has 0 radical (unpaired) electrons. The molecule has 0 aliphatic carbocycles.